The number of hydrogen-bond donors (Lipinski definition) is 0. The van der Waals surface area contributed by atoms with Crippen LogP contribution in [-0.4, -0.2) is 39.9 Å². The summed E-state index contributed by atoms with van der Waals surface area (Å²) < 4.78 is 0. The Labute approximate surface area is 139 Å². The molecule has 0 aromatic carbocycles. The van der Waals surface area contributed by atoms with E-state index in [0.29, 0.717) is 55.9 Å². The Morgan fingerprint density at radius 1 is 0.500 bits per heavy atom. The predicted molar refractivity (Wildman–Crippen MR) is 88.4 cm³/mol. The van der Waals surface area contributed by atoms with E-state index >= 15 is 0 Å². The van der Waals surface area contributed by atoms with E-state index in [0.717, 1.165) is 0 Å². The van der Waals surface area contributed by atoms with Gasteiger partial charge in [0.25, 0.3) is 0 Å². The fraction of sp³-hybridized carbons (Fsp3) is 0.812. The van der Waals surface area contributed by atoms with Crippen LogP contribution in [0.25, 0.3) is 0 Å². The third-order valence-corrected chi connectivity index (χ3v) is 2.37. The molecule has 4 heteroatoms. The van der Waals surface area contributed by atoms with E-state index in [1.165, 1.54) is 0 Å². The molecule has 0 heterocycles. The zero-order valence-electron chi connectivity index (χ0n) is 14.5. The van der Waals surface area contributed by atoms with Crippen molar-refractivity contribution < 1.29 is 14.4 Å². The number of Topliss-reactive ketones (excluding diaryl/α,β-unsaturated/α-hetero) is 3. The molecule has 20 heavy (non-hydrogen) atoms. The second-order valence-electron chi connectivity index (χ2n) is 3.74. The average molecular weight is 392 g/mol. The monoisotopic (exact) mass is 393 g/mol. The van der Waals surface area contributed by atoms with Gasteiger partial charge in [-0.1, -0.05) is 41.5 Å². The molecule has 0 unspecified atom stereocenters. The molecule has 3 nitrogen and oxygen atoms in total. The van der Waals surface area contributed by atoms with Crippen LogP contribution in [0, 0.1) is 0 Å². The molecule has 0 amide bonds. The van der Waals surface area contributed by atoms with Crippen molar-refractivity contribution in [2.45, 2.75) is 85.0 Å². The van der Waals surface area contributed by atoms with Crippen molar-refractivity contribution in [2.75, 3.05) is 0 Å². The molecule has 0 aliphatic carbocycles. The Bertz CT molecular complexity index is 170. The van der Waals surface area contributed by atoms with Crippen LogP contribution in [0.3, 0.4) is 0 Å². The van der Waals surface area contributed by atoms with Crippen molar-refractivity contribution in [1.29, 1.82) is 0 Å². The second kappa shape index (κ2) is 27.2. The fourth-order valence-corrected chi connectivity index (χ4v) is 0.750. The molecule has 119 valence electrons. The van der Waals surface area contributed by atoms with E-state index in [1.54, 1.807) is 22.5 Å². The third kappa shape index (κ3) is 36.1. The Balaban J connectivity index is -0.0000000902. The van der Waals surface area contributed by atoms with Crippen molar-refractivity contribution in [3.05, 3.63) is 0 Å². The summed E-state index contributed by atoms with van der Waals surface area (Å²) in [4.78, 5) is 32.6. The second-order valence-corrected chi connectivity index (χ2v) is 3.74. The summed E-state index contributed by atoms with van der Waals surface area (Å²) in [6.07, 6.45) is 4.15. The van der Waals surface area contributed by atoms with Gasteiger partial charge in [-0.15, -0.1) is 0 Å². The molecule has 0 atom stereocenters. The van der Waals surface area contributed by atoms with Gasteiger partial charge in [-0.3, -0.25) is 14.4 Å². The summed E-state index contributed by atoms with van der Waals surface area (Å²) in [5.41, 5.74) is 0. The van der Waals surface area contributed by atoms with Crippen LogP contribution >= 0.6 is 0 Å². The van der Waals surface area contributed by atoms with E-state index in [9.17, 15) is 14.4 Å². The molecule has 0 saturated carbocycles. The first kappa shape index (κ1) is 28.0. The minimum atomic E-state index is 0.343. The van der Waals surface area contributed by atoms with Crippen LogP contribution < -0.4 is 0 Å². The molecule has 0 fully saturated rings. The van der Waals surface area contributed by atoms with Gasteiger partial charge in [-0.25, -0.2) is 0 Å². The van der Waals surface area contributed by atoms with E-state index < -0.39 is 0 Å². The first-order valence-electron chi connectivity index (χ1n) is 7.48. The number of hydrogen-bond acceptors (Lipinski definition) is 3. The Morgan fingerprint density at radius 2 is 0.600 bits per heavy atom. The van der Waals surface area contributed by atoms with Gasteiger partial charge in [0.05, 0.1) is 0 Å². The zero-order chi connectivity index (χ0) is 17.0. The molecule has 0 spiro atoms. The van der Waals surface area contributed by atoms with Crippen molar-refractivity contribution >= 4 is 39.9 Å². The molecule has 3 radical (unpaired) electrons. The summed E-state index contributed by atoms with van der Waals surface area (Å²) >= 11 is 1.55. The van der Waals surface area contributed by atoms with Crippen molar-refractivity contribution in [2.24, 2.45) is 0 Å². The normalized spacial score (nSPS) is 7.80. The predicted octanol–water partition coefficient (Wildman–Crippen LogP) is 4.33. The molecule has 0 rings (SSSR count). The SMILES string of the molecule is CCC(=O)CC.CCC(=O)CC.CCC(=O)CC.[CH3][Sn]. The van der Waals surface area contributed by atoms with Gasteiger partial charge in [-0.2, -0.15) is 0 Å². The number of ketones is 3. The molecular weight excluding hydrogens is 359 g/mol. The van der Waals surface area contributed by atoms with Gasteiger partial charge in [-0.05, 0) is 0 Å². The van der Waals surface area contributed by atoms with E-state index in [4.69, 9.17) is 0 Å². The fourth-order valence-electron chi connectivity index (χ4n) is 0.750. The average Bonchev–Trinajstić information content (AvgIpc) is 2.55. The van der Waals surface area contributed by atoms with Gasteiger partial charge >= 0.3 is 27.5 Å². The van der Waals surface area contributed by atoms with Crippen molar-refractivity contribution in [3.8, 4) is 0 Å². The summed E-state index contributed by atoms with van der Waals surface area (Å²) in [6.45, 7) is 11.3. The molecule has 0 aromatic rings. The molecule has 0 saturated heterocycles. The van der Waals surface area contributed by atoms with Crippen molar-refractivity contribution in [1.82, 2.24) is 0 Å². The van der Waals surface area contributed by atoms with E-state index in [-0.39, 0.29) is 0 Å². The molecule has 0 bridgehead atoms. The number of carbonyl (C=O) groups excluding carboxylic acids is 3. The molecule has 0 aliphatic rings. The molecule has 0 N–H and O–H groups in total. The third-order valence-electron chi connectivity index (χ3n) is 2.37. The van der Waals surface area contributed by atoms with Crippen LogP contribution in [0.5, 0.6) is 0 Å². The van der Waals surface area contributed by atoms with Crippen LogP contribution in [0.2, 0.25) is 4.94 Å². The van der Waals surface area contributed by atoms with Gasteiger partial charge in [0, 0.05) is 38.5 Å². The van der Waals surface area contributed by atoms with Gasteiger partial charge in [0.2, 0.25) is 0 Å². The van der Waals surface area contributed by atoms with Crippen molar-refractivity contribution in [3.63, 3.8) is 0 Å². The summed E-state index contributed by atoms with van der Waals surface area (Å²) in [6, 6.07) is 0. The van der Waals surface area contributed by atoms with Gasteiger partial charge in [0.1, 0.15) is 17.3 Å². The number of carbonyl (C=O) groups is 3. The van der Waals surface area contributed by atoms with Crippen LogP contribution in [0.1, 0.15) is 80.1 Å². The van der Waals surface area contributed by atoms with Gasteiger partial charge < -0.3 is 0 Å². The first-order chi connectivity index (χ1) is 9.42. The first-order valence-corrected chi connectivity index (χ1v) is 10.3. The Kier molecular flexibility index (Phi) is 38.1. The van der Waals surface area contributed by atoms with Crippen LogP contribution in [-0.2, 0) is 14.4 Å². The Hall–Kier alpha value is -0.191. The maximum absolute atomic E-state index is 10.2. The summed E-state index contributed by atoms with van der Waals surface area (Å²) in [5, 5.41) is 0. The quantitative estimate of drug-likeness (QED) is 0.633. The summed E-state index contributed by atoms with van der Waals surface area (Å²) in [7, 11) is 0. The number of rotatable bonds is 6. The molecule has 0 aromatic heterocycles. The van der Waals surface area contributed by atoms with Crippen LogP contribution in [0.15, 0.2) is 0 Å². The Morgan fingerprint density at radius 3 is 0.600 bits per heavy atom. The van der Waals surface area contributed by atoms with E-state index in [1.807, 2.05) is 41.5 Å². The van der Waals surface area contributed by atoms with Gasteiger partial charge in [0.15, 0.2) is 0 Å². The minimum absolute atomic E-state index is 0.343. The standard InChI is InChI=1S/3C5H10O.CH3.Sn/c3*1-3-5(6)4-2;;/h3*3-4H2,1-2H3;1H3;. The van der Waals surface area contributed by atoms with E-state index in [2.05, 4.69) is 4.94 Å². The maximum atomic E-state index is 10.2. The topological polar surface area (TPSA) is 51.2 Å². The van der Waals surface area contributed by atoms with Crippen LogP contribution in [0.4, 0.5) is 0 Å². The molecule has 0 aliphatic heterocycles. The zero-order valence-corrected chi connectivity index (χ0v) is 17.3. The molecular formula is C16H33O3Sn. The summed E-state index contributed by atoms with van der Waals surface area (Å²) in [5.74, 6) is 1.03.